The van der Waals surface area contributed by atoms with Gasteiger partial charge >= 0.3 is 12.1 Å². The van der Waals surface area contributed by atoms with E-state index in [1.54, 1.807) is 30.3 Å². The maximum Gasteiger partial charge on any atom is 0.407 e. The lowest BCUT2D eigenvalue weighted by atomic mass is 9.98. The van der Waals surface area contributed by atoms with Gasteiger partial charge in [0.1, 0.15) is 13.2 Å². The predicted molar refractivity (Wildman–Crippen MR) is 150 cm³/mol. The molecule has 3 aromatic carbocycles. The normalized spacial score (nSPS) is 13.6. The summed E-state index contributed by atoms with van der Waals surface area (Å²) in [6, 6.07) is 24.0. The van der Waals surface area contributed by atoms with Crippen molar-refractivity contribution in [2.45, 2.75) is 38.0 Å². The summed E-state index contributed by atoms with van der Waals surface area (Å²) in [7, 11) is -3.97. The Hall–Kier alpha value is -3.69. The van der Waals surface area contributed by atoms with E-state index in [1.165, 1.54) is 0 Å². The molecular weight excluding hydrogens is 516 g/mol. The lowest BCUT2D eigenvalue weighted by Gasteiger charge is -2.27. The number of hydrogen-bond acceptors (Lipinski definition) is 5. The van der Waals surface area contributed by atoms with Crippen LogP contribution in [0.3, 0.4) is 0 Å². The van der Waals surface area contributed by atoms with Crippen LogP contribution >= 0.6 is 0 Å². The molecule has 0 aliphatic heterocycles. The molecule has 0 saturated heterocycles. The number of nitrogens with zero attached hydrogens (tertiary/aromatic N) is 1. The van der Waals surface area contributed by atoms with E-state index in [2.05, 4.69) is 17.4 Å². The van der Waals surface area contributed by atoms with E-state index in [0.717, 1.165) is 26.6 Å². The van der Waals surface area contributed by atoms with Crippen LogP contribution in [0.1, 0.15) is 42.9 Å². The zero-order valence-corrected chi connectivity index (χ0v) is 22.9. The monoisotopic (exact) mass is 550 g/mol. The smallest absolute Gasteiger partial charge is 0.407 e. The average Bonchev–Trinajstić information content (AvgIpc) is 3.20. The molecule has 9 heteroatoms. The first-order chi connectivity index (χ1) is 18.6. The van der Waals surface area contributed by atoms with Gasteiger partial charge in [0, 0.05) is 18.5 Å². The van der Waals surface area contributed by atoms with Crippen molar-refractivity contribution in [1.29, 1.82) is 0 Å². The molecule has 0 saturated carbocycles. The van der Waals surface area contributed by atoms with Crippen LogP contribution in [-0.2, 0) is 25.3 Å². The minimum absolute atomic E-state index is 0.110. The van der Waals surface area contributed by atoms with Crippen LogP contribution in [0.15, 0.2) is 78.9 Å². The lowest BCUT2D eigenvalue weighted by Crippen LogP contribution is -2.48. The number of hydrogen-bond donors (Lipinski definition) is 2. The number of carbonyl (C=O) groups excluding carboxylic acids is 1. The highest BCUT2D eigenvalue weighted by molar-refractivity contribution is 7.88. The highest BCUT2D eigenvalue weighted by Crippen LogP contribution is 2.44. The second kappa shape index (κ2) is 12.4. The molecule has 0 aromatic heterocycles. The fraction of sp³-hybridized carbons (Fsp3) is 0.333. The number of ether oxygens (including phenoxy) is 1. The molecule has 0 spiro atoms. The summed E-state index contributed by atoms with van der Waals surface area (Å²) in [6.45, 7) is 3.15. The molecule has 1 aliphatic carbocycles. The van der Waals surface area contributed by atoms with Gasteiger partial charge in [-0.15, -0.1) is 0 Å². The van der Waals surface area contributed by atoms with E-state index in [9.17, 15) is 23.1 Å². The van der Waals surface area contributed by atoms with Crippen molar-refractivity contribution in [1.82, 2.24) is 9.62 Å². The lowest BCUT2D eigenvalue weighted by molar-refractivity contribution is -0.137. The molecule has 0 unspecified atom stereocenters. The van der Waals surface area contributed by atoms with Crippen LogP contribution in [0.4, 0.5) is 4.79 Å². The summed E-state index contributed by atoms with van der Waals surface area (Å²) in [5, 5.41) is 12.2. The summed E-state index contributed by atoms with van der Waals surface area (Å²) in [4.78, 5) is 24.5. The Kier molecular flexibility index (Phi) is 9.04. The molecule has 1 aliphatic rings. The van der Waals surface area contributed by atoms with E-state index in [1.807, 2.05) is 50.2 Å². The van der Waals surface area contributed by atoms with Crippen LogP contribution < -0.4 is 5.32 Å². The summed E-state index contributed by atoms with van der Waals surface area (Å²) in [5.74, 6) is -1.59. The van der Waals surface area contributed by atoms with Gasteiger partial charge in [0.05, 0.1) is 5.75 Å². The number of carbonyl (C=O) groups is 2. The van der Waals surface area contributed by atoms with Crippen molar-refractivity contribution in [3.63, 3.8) is 0 Å². The Morgan fingerprint density at radius 3 is 2.05 bits per heavy atom. The second-order valence-corrected chi connectivity index (χ2v) is 12.2. The van der Waals surface area contributed by atoms with Crippen LogP contribution in [-0.4, -0.2) is 55.6 Å². The first-order valence-corrected chi connectivity index (χ1v) is 14.6. The van der Waals surface area contributed by atoms with E-state index < -0.39 is 34.7 Å². The van der Waals surface area contributed by atoms with Crippen molar-refractivity contribution >= 4 is 22.1 Å². The number of benzene rings is 3. The van der Waals surface area contributed by atoms with Gasteiger partial charge in [0.15, 0.2) is 0 Å². The minimum Gasteiger partial charge on any atom is -0.480 e. The zero-order chi connectivity index (χ0) is 28.0. The third kappa shape index (κ3) is 7.25. The number of alkyl carbamates (subject to hydrolysis) is 1. The third-order valence-corrected chi connectivity index (χ3v) is 8.51. The number of aliphatic carboxylic acids is 1. The molecule has 1 amide bonds. The third-order valence-electron chi connectivity index (χ3n) is 6.74. The molecule has 0 fully saturated rings. The topological polar surface area (TPSA) is 113 Å². The van der Waals surface area contributed by atoms with Gasteiger partial charge in [0.25, 0.3) is 0 Å². The van der Waals surface area contributed by atoms with Crippen molar-refractivity contribution in [2.24, 2.45) is 5.92 Å². The Labute approximate surface area is 229 Å². The summed E-state index contributed by atoms with van der Waals surface area (Å²) in [6.07, 6.45) is -0.223. The summed E-state index contributed by atoms with van der Waals surface area (Å²) < 4.78 is 33.0. The molecule has 0 heterocycles. The van der Waals surface area contributed by atoms with E-state index in [4.69, 9.17) is 4.74 Å². The van der Waals surface area contributed by atoms with Crippen LogP contribution in [0.2, 0.25) is 0 Å². The molecule has 2 N–H and O–H groups in total. The van der Waals surface area contributed by atoms with Crippen molar-refractivity contribution < 1.29 is 27.9 Å². The Bertz CT molecular complexity index is 1360. The van der Waals surface area contributed by atoms with E-state index >= 15 is 0 Å². The summed E-state index contributed by atoms with van der Waals surface area (Å²) in [5.41, 5.74) is 4.97. The number of carboxylic acids is 1. The molecule has 3 aromatic rings. The Balaban J connectivity index is 1.46. The van der Waals surface area contributed by atoms with Gasteiger partial charge < -0.3 is 15.2 Å². The number of sulfonamides is 1. The van der Waals surface area contributed by atoms with Gasteiger partial charge in [-0.2, -0.15) is 4.31 Å². The van der Waals surface area contributed by atoms with Crippen LogP contribution in [0, 0.1) is 5.92 Å². The van der Waals surface area contributed by atoms with E-state index in [0.29, 0.717) is 12.0 Å². The van der Waals surface area contributed by atoms with Gasteiger partial charge in [-0.1, -0.05) is 92.7 Å². The van der Waals surface area contributed by atoms with Crippen molar-refractivity contribution in [3.8, 4) is 11.1 Å². The quantitative estimate of drug-likeness (QED) is 0.333. The SMILES string of the molecule is CC(C)C[C@@H](CN(CC(=O)O)S(=O)(=O)Cc1ccccc1)NC(=O)OCC1c2ccccc2-c2ccccc21. The molecule has 8 nitrogen and oxygen atoms in total. The van der Waals surface area contributed by atoms with Gasteiger partial charge in [-0.05, 0) is 40.2 Å². The maximum absolute atomic E-state index is 13.2. The zero-order valence-electron chi connectivity index (χ0n) is 22.1. The highest BCUT2D eigenvalue weighted by Gasteiger charge is 2.31. The Morgan fingerprint density at radius 2 is 1.49 bits per heavy atom. The van der Waals surface area contributed by atoms with Crippen LogP contribution in [0.5, 0.6) is 0 Å². The number of carboxylic acid groups (broad SMARTS) is 1. The fourth-order valence-corrected chi connectivity index (χ4v) is 6.61. The number of rotatable bonds is 12. The Morgan fingerprint density at radius 1 is 0.923 bits per heavy atom. The minimum atomic E-state index is -3.97. The second-order valence-electron chi connectivity index (χ2n) is 10.2. The largest absolute Gasteiger partial charge is 0.480 e. The molecule has 39 heavy (non-hydrogen) atoms. The fourth-order valence-electron chi connectivity index (χ4n) is 5.10. The number of nitrogens with one attached hydrogen (secondary N) is 1. The van der Waals surface area contributed by atoms with Crippen molar-refractivity contribution in [2.75, 3.05) is 19.7 Å². The molecule has 0 radical (unpaired) electrons. The first-order valence-electron chi connectivity index (χ1n) is 13.0. The van der Waals surface area contributed by atoms with Gasteiger partial charge in [0.2, 0.25) is 10.0 Å². The van der Waals surface area contributed by atoms with Gasteiger partial charge in [-0.25, -0.2) is 13.2 Å². The average molecular weight is 551 g/mol. The molecule has 0 bridgehead atoms. The molecular formula is C30H34N2O6S. The van der Waals surface area contributed by atoms with Gasteiger partial charge in [-0.3, -0.25) is 4.79 Å². The summed E-state index contributed by atoms with van der Waals surface area (Å²) >= 11 is 0. The van der Waals surface area contributed by atoms with Crippen molar-refractivity contribution in [3.05, 3.63) is 95.6 Å². The first kappa shape index (κ1) is 28.3. The molecule has 206 valence electrons. The number of amides is 1. The molecule has 1 atom stereocenters. The standard InChI is InChI=1S/C30H34N2O6S/c1-21(2)16-23(17-32(18-29(33)34)39(36,37)20-22-10-4-3-5-11-22)31-30(35)38-19-28-26-14-8-6-12-24(26)25-13-7-9-15-27(25)28/h3-15,21,23,28H,16-20H2,1-2H3,(H,31,35)(H,33,34)/t23-/m0/s1. The maximum atomic E-state index is 13.2. The van der Waals surface area contributed by atoms with E-state index in [-0.39, 0.29) is 30.7 Å². The highest BCUT2D eigenvalue weighted by atomic mass is 32.2. The molecule has 4 rings (SSSR count). The number of fused-ring (bicyclic) bond motifs is 3. The van der Waals surface area contributed by atoms with Crippen LogP contribution in [0.25, 0.3) is 11.1 Å². The predicted octanol–water partition coefficient (Wildman–Crippen LogP) is 4.86.